The normalized spacial score (nSPS) is 10.9. The van der Waals surface area contributed by atoms with Gasteiger partial charge in [-0.3, -0.25) is 9.59 Å². The van der Waals surface area contributed by atoms with E-state index in [1.165, 1.54) is 0 Å². The van der Waals surface area contributed by atoms with E-state index in [0.29, 0.717) is 11.1 Å². The number of hydrogen-bond acceptors (Lipinski definition) is 4. The van der Waals surface area contributed by atoms with Gasteiger partial charge >= 0.3 is 0 Å². The van der Waals surface area contributed by atoms with Gasteiger partial charge in [-0.1, -0.05) is 24.3 Å². The number of carbonyl (C=O) groups excluding carboxylic acids is 2. The molecule has 0 aliphatic rings. The van der Waals surface area contributed by atoms with E-state index in [1.807, 2.05) is 76.7 Å². The van der Waals surface area contributed by atoms with Crippen LogP contribution < -0.4 is 10.6 Å². The van der Waals surface area contributed by atoms with Crippen molar-refractivity contribution < 1.29 is 9.59 Å². The molecule has 0 fully saturated rings. The van der Waals surface area contributed by atoms with Crippen LogP contribution >= 0.6 is 0 Å². The molecule has 6 nitrogen and oxygen atoms in total. The predicted molar refractivity (Wildman–Crippen MR) is 130 cm³/mol. The first-order valence-electron chi connectivity index (χ1n) is 10.5. The average molecular weight is 431 g/mol. The van der Waals surface area contributed by atoms with Crippen molar-refractivity contribution >= 4 is 23.2 Å². The maximum Gasteiger partial charge on any atom is 0.255 e. The van der Waals surface area contributed by atoms with Gasteiger partial charge < -0.3 is 20.4 Å². The molecule has 0 aromatic heterocycles. The van der Waals surface area contributed by atoms with E-state index >= 15 is 0 Å². The van der Waals surface area contributed by atoms with E-state index in [0.717, 1.165) is 35.6 Å². The molecule has 3 aromatic rings. The van der Waals surface area contributed by atoms with Crippen LogP contribution in [0.2, 0.25) is 0 Å². The first kappa shape index (κ1) is 23.2. The molecule has 0 radical (unpaired) electrons. The molecule has 0 aliphatic carbocycles. The van der Waals surface area contributed by atoms with Gasteiger partial charge in [0.2, 0.25) is 0 Å². The van der Waals surface area contributed by atoms with E-state index in [4.69, 9.17) is 0 Å². The summed E-state index contributed by atoms with van der Waals surface area (Å²) in [5, 5.41) is 5.84. The van der Waals surface area contributed by atoms with E-state index in [-0.39, 0.29) is 11.8 Å². The summed E-state index contributed by atoms with van der Waals surface area (Å²) in [5.74, 6) is -0.425. The Balaban J connectivity index is 1.63. The standard InChI is InChI=1S/C26H30N4O2/c1-29(2)17-19-7-5-9-23(15-19)27-25(31)21-11-13-22(14-12-21)26(32)28-24-10-6-8-20(16-24)18-30(3)4/h5-16H,17-18H2,1-4H3,(H,27,31)(H,28,32). The van der Waals surface area contributed by atoms with Gasteiger partial charge in [0.1, 0.15) is 0 Å². The summed E-state index contributed by atoms with van der Waals surface area (Å²) in [6.45, 7) is 1.59. The van der Waals surface area contributed by atoms with Crippen molar-refractivity contribution in [1.29, 1.82) is 0 Å². The first-order chi connectivity index (χ1) is 15.3. The van der Waals surface area contributed by atoms with E-state index in [1.54, 1.807) is 24.3 Å². The zero-order valence-electron chi connectivity index (χ0n) is 19.1. The van der Waals surface area contributed by atoms with Gasteiger partial charge in [-0.25, -0.2) is 0 Å². The van der Waals surface area contributed by atoms with Gasteiger partial charge in [0.25, 0.3) is 11.8 Å². The molecule has 32 heavy (non-hydrogen) atoms. The van der Waals surface area contributed by atoms with Gasteiger partial charge in [-0.05, 0) is 87.8 Å². The minimum absolute atomic E-state index is 0.213. The second-order valence-corrected chi connectivity index (χ2v) is 8.36. The van der Waals surface area contributed by atoms with Crippen molar-refractivity contribution in [2.24, 2.45) is 0 Å². The van der Waals surface area contributed by atoms with Crippen molar-refractivity contribution in [3.8, 4) is 0 Å². The number of carbonyl (C=O) groups is 2. The predicted octanol–water partition coefficient (Wildman–Crippen LogP) is 4.31. The van der Waals surface area contributed by atoms with Gasteiger partial charge in [0.05, 0.1) is 0 Å². The maximum atomic E-state index is 12.6. The lowest BCUT2D eigenvalue weighted by atomic mass is 10.1. The number of anilines is 2. The van der Waals surface area contributed by atoms with Crippen LogP contribution in [0, 0.1) is 0 Å². The van der Waals surface area contributed by atoms with Crippen molar-refractivity contribution in [3.63, 3.8) is 0 Å². The van der Waals surface area contributed by atoms with Crippen LogP contribution in [0.1, 0.15) is 31.8 Å². The Morgan fingerprint density at radius 2 is 1.00 bits per heavy atom. The monoisotopic (exact) mass is 430 g/mol. The summed E-state index contributed by atoms with van der Waals surface area (Å²) in [6.07, 6.45) is 0. The summed E-state index contributed by atoms with van der Waals surface area (Å²) in [7, 11) is 8.01. The summed E-state index contributed by atoms with van der Waals surface area (Å²) in [6, 6.07) is 22.2. The molecular formula is C26H30N4O2. The molecule has 166 valence electrons. The second kappa shape index (κ2) is 10.7. The molecule has 0 bridgehead atoms. The molecule has 3 aromatic carbocycles. The fourth-order valence-electron chi connectivity index (χ4n) is 3.40. The topological polar surface area (TPSA) is 64.7 Å². The molecule has 0 unspecified atom stereocenters. The number of benzene rings is 3. The zero-order valence-corrected chi connectivity index (χ0v) is 19.1. The van der Waals surface area contributed by atoms with Crippen molar-refractivity contribution in [1.82, 2.24) is 9.80 Å². The fourth-order valence-corrected chi connectivity index (χ4v) is 3.40. The third-order valence-corrected chi connectivity index (χ3v) is 4.78. The van der Waals surface area contributed by atoms with Crippen LogP contribution in [0.4, 0.5) is 11.4 Å². The van der Waals surface area contributed by atoms with Gasteiger partial charge in [-0.2, -0.15) is 0 Å². The number of amides is 2. The molecule has 0 heterocycles. The third kappa shape index (κ3) is 6.77. The van der Waals surface area contributed by atoms with Crippen molar-refractivity contribution in [2.45, 2.75) is 13.1 Å². The maximum absolute atomic E-state index is 12.6. The highest BCUT2D eigenvalue weighted by atomic mass is 16.2. The van der Waals surface area contributed by atoms with Crippen LogP contribution in [0.25, 0.3) is 0 Å². The van der Waals surface area contributed by atoms with Crippen LogP contribution in [0.3, 0.4) is 0 Å². The van der Waals surface area contributed by atoms with Crippen LogP contribution in [0.15, 0.2) is 72.8 Å². The SMILES string of the molecule is CN(C)Cc1cccc(NC(=O)c2ccc(C(=O)Nc3cccc(CN(C)C)c3)cc2)c1. The van der Waals surface area contributed by atoms with Gasteiger partial charge in [-0.15, -0.1) is 0 Å². The minimum atomic E-state index is -0.213. The highest BCUT2D eigenvalue weighted by Crippen LogP contribution is 2.16. The van der Waals surface area contributed by atoms with Gasteiger partial charge in [0.15, 0.2) is 0 Å². The molecule has 0 saturated heterocycles. The quantitative estimate of drug-likeness (QED) is 0.559. The summed E-state index contributed by atoms with van der Waals surface area (Å²) in [5.41, 5.74) is 4.71. The molecule has 6 heteroatoms. The zero-order chi connectivity index (χ0) is 23.1. The number of hydrogen-bond donors (Lipinski definition) is 2. The summed E-state index contributed by atoms with van der Waals surface area (Å²) >= 11 is 0. The Labute approximate surface area is 189 Å². The molecular weight excluding hydrogens is 400 g/mol. The highest BCUT2D eigenvalue weighted by molar-refractivity contribution is 6.07. The Hall–Kier alpha value is -3.48. The van der Waals surface area contributed by atoms with Crippen LogP contribution in [-0.4, -0.2) is 49.8 Å². The molecule has 0 saturated carbocycles. The Bertz CT molecular complexity index is 989. The minimum Gasteiger partial charge on any atom is -0.322 e. The Kier molecular flexibility index (Phi) is 7.76. The summed E-state index contributed by atoms with van der Waals surface area (Å²) in [4.78, 5) is 29.4. The van der Waals surface area contributed by atoms with Gasteiger partial charge in [0, 0.05) is 35.6 Å². The van der Waals surface area contributed by atoms with E-state index in [2.05, 4.69) is 20.4 Å². The molecule has 0 atom stereocenters. The Morgan fingerprint density at radius 3 is 1.34 bits per heavy atom. The summed E-state index contributed by atoms with van der Waals surface area (Å²) < 4.78 is 0. The van der Waals surface area contributed by atoms with E-state index in [9.17, 15) is 9.59 Å². The Morgan fingerprint density at radius 1 is 0.625 bits per heavy atom. The molecule has 0 aliphatic heterocycles. The second-order valence-electron chi connectivity index (χ2n) is 8.36. The lowest BCUT2D eigenvalue weighted by molar-refractivity contribution is 0.101. The lowest BCUT2D eigenvalue weighted by Gasteiger charge is -2.12. The molecule has 3 rings (SSSR count). The van der Waals surface area contributed by atoms with Crippen LogP contribution in [-0.2, 0) is 13.1 Å². The fraction of sp³-hybridized carbons (Fsp3) is 0.231. The average Bonchev–Trinajstić information content (AvgIpc) is 2.73. The lowest BCUT2D eigenvalue weighted by Crippen LogP contribution is -2.15. The van der Waals surface area contributed by atoms with Crippen molar-refractivity contribution in [3.05, 3.63) is 95.1 Å². The number of nitrogens with one attached hydrogen (secondary N) is 2. The highest BCUT2D eigenvalue weighted by Gasteiger charge is 2.10. The number of nitrogens with zero attached hydrogens (tertiary/aromatic N) is 2. The third-order valence-electron chi connectivity index (χ3n) is 4.78. The molecule has 2 amide bonds. The van der Waals surface area contributed by atoms with Crippen molar-refractivity contribution in [2.75, 3.05) is 38.8 Å². The smallest absolute Gasteiger partial charge is 0.255 e. The van der Waals surface area contributed by atoms with Crippen LogP contribution in [0.5, 0.6) is 0 Å². The first-order valence-corrected chi connectivity index (χ1v) is 10.5. The van der Waals surface area contributed by atoms with E-state index < -0.39 is 0 Å². The molecule has 2 N–H and O–H groups in total. The molecule has 0 spiro atoms. The largest absolute Gasteiger partial charge is 0.322 e. The number of rotatable bonds is 8.